The van der Waals surface area contributed by atoms with E-state index < -0.39 is 10.9 Å². The number of hydrogen-bond donors (Lipinski definition) is 0. The second kappa shape index (κ2) is 6.87. The van der Waals surface area contributed by atoms with Gasteiger partial charge in [-0.2, -0.15) is 0 Å². The van der Waals surface area contributed by atoms with Gasteiger partial charge in [0.1, 0.15) is 5.75 Å². The minimum absolute atomic E-state index is 0.0379. The standard InChI is InChI=1S/C16H12ClNO4/c1-11-9-13(17)6-7-15(11)22-16(19)8-5-12-3-2-4-14(10-12)18(20)21/h2-10H,1H3/b8-5+. The largest absolute Gasteiger partial charge is 0.423 e. The molecule has 0 amide bonds. The minimum atomic E-state index is -0.572. The summed E-state index contributed by atoms with van der Waals surface area (Å²) in [5.74, 6) is -0.157. The SMILES string of the molecule is Cc1cc(Cl)ccc1OC(=O)/C=C/c1cccc([N+](=O)[O-])c1. The molecule has 0 saturated carbocycles. The number of esters is 1. The van der Waals surface area contributed by atoms with Gasteiger partial charge in [0.25, 0.3) is 5.69 Å². The van der Waals surface area contributed by atoms with Gasteiger partial charge < -0.3 is 4.74 Å². The molecule has 0 unspecified atom stereocenters. The number of aryl methyl sites for hydroxylation is 1. The minimum Gasteiger partial charge on any atom is -0.423 e. The summed E-state index contributed by atoms with van der Waals surface area (Å²) < 4.78 is 5.18. The molecule has 2 rings (SSSR count). The summed E-state index contributed by atoms with van der Waals surface area (Å²) in [6, 6.07) is 10.9. The first kappa shape index (κ1) is 15.7. The Labute approximate surface area is 131 Å². The Morgan fingerprint density at radius 1 is 1.27 bits per heavy atom. The number of halogens is 1. The molecule has 0 N–H and O–H groups in total. The molecule has 0 saturated heterocycles. The number of hydrogen-bond acceptors (Lipinski definition) is 4. The lowest BCUT2D eigenvalue weighted by molar-refractivity contribution is -0.384. The lowest BCUT2D eigenvalue weighted by Gasteiger charge is -2.05. The number of nitro groups is 1. The summed E-state index contributed by atoms with van der Waals surface area (Å²) in [5.41, 5.74) is 1.24. The first-order valence-electron chi connectivity index (χ1n) is 6.36. The molecule has 0 aliphatic heterocycles. The number of nitrogens with zero attached hydrogens (tertiary/aromatic N) is 1. The third-order valence-electron chi connectivity index (χ3n) is 2.84. The maximum Gasteiger partial charge on any atom is 0.336 e. The number of nitro benzene ring substituents is 1. The second-order valence-electron chi connectivity index (χ2n) is 4.52. The molecular weight excluding hydrogens is 306 g/mol. The number of rotatable bonds is 4. The van der Waals surface area contributed by atoms with Crippen molar-refractivity contribution in [1.29, 1.82) is 0 Å². The molecule has 2 aromatic carbocycles. The first-order chi connectivity index (χ1) is 10.5. The maximum atomic E-state index is 11.8. The highest BCUT2D eigenvalue weighted by Gasteiger charge is 2.06. The van der Waals surface area contributed by atoms with Crippen molar-refractivity contribution >= 4 is 29.3 Å². The summed E-state index contributed by atoms with van der Waals surface area (Å²) in [6.07, 6.45) is 2.67. The van der Waals surface area contributed by atoms with Gasteiger partial charge in [-0.15, -0.1) is 0 Å². The summed E-state index contributed by atoms with van der Waals surface area (Å²) in [7, 11) is 0. The molecular formula is C16H12ClNO4. The van der Waals surface area contributed by atoms with E-state index in [9.17, 15) is 14.9 Å². The van der Waals surface area contributed by atoms with E-state index in [4.69, 9.17) is 16.3 Å². The monoisotopic (exact) mass is 317 g/mol. The van der Waals surface area contributed by atoms with Gasteiger partial charge >= 0.3 is 5.97 Å². The fourth-order valence-corrected chi connectivity index (χ4v) is 2.00. The zero-order valence-corrected chi connectivity index (χ0v) is 12.4. The van der Waals surface area contributed by atoms with Crippen LogP contribution in [0.25, 0.3) is 6.08 Å². The van der Waals surface area contributed by atoms with Crippen LogP contribution in [0, 0.1) is 17.0 Å². The molecule has 112 valence electrons. The third-order valence-corrected chi connectivity index (χ3v) is 3.08. The van der Waals surface area contributed by atoms with Crippen LogP contribution >= 0.6 is 11.6 Å². The van der Waals surface area contributed by atoms with E-state index in [2.05, 4.69) is 0 Å². The van der Waals surface area contributed by atoms with Gasteiger partial charge in [-0.3, -0.25) is 10.1 Å². The molecule has 0 aliphatic rings. The van der Waals surface area contributed by atoms with Gasteiger partial charge in [-0.05, 0) is 42.3 Å². The van der Waals surface area contributed by atoms with Crippen LogP contribution in [0.2, 0.25) is 5.02 Å². The Kier molecular flexibility index (Phi) is 4.91. The smallest absolute Gasteiger partial charge is 0.336 e. The quantitative estimate of drug-likeness (QED) is 0.279. The molecule has 0 radical (unpaired) electrons. The van der Waals surface area contributed by atoms with E-state index in [-0.39, 0.29) is 5.69 Å². The van der Waals surface area contributed by atoms with Gasteiger partial charge in [0.15, 0.2) is 0 Å². The highest BCUT2D eigenvalue weighted by Crippen LogP contribution is 2.22. The van der Waals surface area contributed by atoms with E-state index in [1.54, 1.807) is 37.3 Å². The van der Waals surface area contributed by atoms with Gasteiger partial charge in [-0.25, -0.2) is 4.79 Å². The molecule has 0 bridgehead atoms. The number of ether oxygens (including phenoxy) is 1. The van der Waals surface area contributed by atoms with Crippen LogP contribution in [0.4, 0.5) is 5.69 Å². The van der Waals surface area contributed by atoms with Crippen LogP contribution in [0.3, 0.4) is 0 Å². The molecule has 22 heavy (non-hydrogen) atoms. The maximum absolute atomic E-state index is 11.8. The van der Waals surface area contributed by atoms with Crippen LogP contribution in [-0.4, -0.2) is 10.9 Å². The molecule has 0 spiro atoms. The topological polar surface area (TPSA) is 69.4 Å². The van der Waals surface area contributed by atoms with Crippen LogP contribution in [-0.2, 0) is 4.79 Å². The van der Waals surface area contributed by atoms with Crippen LogP contribution < -0.4 is 4.74 Å². The van der Waals surface area contributed by atoms with Gasteiger partial charge in [0, 0.05) is 23.2 Å². The van der Waals surface area contributed by atoms with Crippen molar-refractivity contribution in [2.24, 2.45) is 0 Å². The molecule has 0 aliphatic carbocycles. The molecule has 5 nitrogen and oxygen atoms in total. The van der Waals surface area contributed by atoms with Crippen LogP contribution in [0.1, 0.15) is 11.1 Å². The second-order valence-corrected chi connectivity index (χ2v) is 4.95. The Hall–Kier alpha value is -2.66. The van der Waals surface area contributed by atoms with Crippen molar-refractivity contribution in [3.8, 4) is 5.75 Å². The number of carbonyl (C=O) groups is 1. The Bertz CT molecular complexity index is 756. The highest BCUT2D eigenvalue weighted by molar-refractivity contribution is 6.30. The molecule has 0 atom stereocenters. The highest BCUT2D eigenvalue weighted by atomic mass is 35.5. The van der Waals surface area contributed by atoms with Crippen molar-refractivity contribution in [3.05, 3.63) is 74.8 Å². The number of non-ortho nitro benzene ring substituents is 1. The van der Waals surface area contributed by atoms with E-state index in [1.807, 2.05) is 0 Å². The zero-order valence-electron chi connectivity index (χ0n) is 11.7. The summed E-state index contributed by atoms with van der Waals surface area (Å²) in [6.45, 7) is 1.78. The Morgan fingerprint density at radius 2 is 2.05 bits per heavy atom. The van der Waals surface area contributed by atoms with Gasteiger partial charge in [0.2, 0.25) is 0 Å². The van der Waals surface area contributed by atoms with Crippen molar-refractivity contribution in [3.63, 3.8) is 0 Å². The third kappa shape index (κ3) is 4.17. The number of benzene rings is 2. The van der Waals surface area contributed by atoms with Gasteiger partial charge in [0.05, 0.1) is 4.92 Å². The molecule has 6 heteroatoms. The van der Waals surface area contributed by atoms with Crippen LogP contribution in [0.15, 0.2) is 48.5 Å². The molecule has 2 aromatic rings. The first-order valence-corrected chi connectivity index (χ1v) is 6.74. The lowest BCUT2D eigenvalue weighted by atomic mass is 10.2. The fraction of sp³-hybridized carbons (Fsp3) is 0.0625. The van der Waals surface area contributed by atoms with Gasteiger partial charge in [-0.1, -0.05) is 23.7 Å². The molecule has 0 fully saturated rings. The average Bonchev–Trinajstić information content (AvgIpc) is 2.48. The molecule has 0 aromatic heterocycles. The van der Waals surface area contributed by atoms with Crippen molar-refractivity contribution in [2.45, 2.75) is 6.92 Å². The van der Waals surface area contributed by atoms with E-state index in [0.29, 0.717) is 16.3 Å². The van der Waals surface area contributed by atoms with Crippen molar-refractivity contribution in [1.82, 2.24) is 0 Å². The fourth-order valence-electron chi connectivity index (χ4n) is 1.78. The average molecular weight is 318 g/mol. The summed E-state index contributed by atoms with van der Waals surface area (Å²) >= 11 is 5.83. The lowest BCUT2D eigenvalue weighted by Crippen LogP contribution is -2.04. The van der Waals surface area contributed by atoms with Crippen molar-refractivity contribution in [2.75, 3.05) is 0 Å². The zero-order chi connectivity index (χ0) is 16.1. The molecule has 0 heterocycles. The van der Waals surface area contributed by atoms with E-state index in [0.717, 1.165) is 5.56 Å². The van der Waals surface area contributed by atoms with E-state index >= 15 is 0 Å². The Balaban J connectivity index is 2.08. The predicted octanol–water partition coefficient (Wildman–Crippen LogP) is 4.18. The normalized spacial score (nSPS) is 10.6. The van der Waals surface area contributed by atoms with E-state index in [1.165, 1.54) is 24.3 Å². The number of carbonyl (C=O) groups excluding carboxylic acids is 1. The van der Waals surface area contributed by atoms with Crippen molar-refractivity contribution < 1.29 is 14.5 Å². The summed E-state index contributed by atoms with van der Waals surface area (Å²) in [5, 5.41) is 11.2. The predicted molar refractivity (Wildman–Crippen MR) is 84.0 cm³/mol. The van der Waals surface area contributed by atoms with Crippen LogP contribution in [0.5, 0.6) is 5.75 Å². The summed E-state index contributed by atoms with van der Waals surface area (Å²) in [4.78, 5) is 21.9. The Morgan fingerprint density at radius 3 is 2.73 bits per heavy atom.